The highest BCUT2D eigenvalue weighted by molar-refractivity contribution is 6.30. The first kappa shape index (κ1) is 12.6. The molecule has 2 aromatic heterocycles. The Balaban J connectivity index is 2.28. The maximum atomic E-state index is 11.9. The van der Waals surface area contributed by atoms with Gasteiger partial charge in [-0.05, 0) is 19.4 Å². The highest BCUT2D eigenvalue weighted by atomic mass is 35.5. The van der Waals surface area contributed by atoms with Gasteiger partial charge < -0.3 is 0 Å². The molecule has 0 atom stereocenters. The van der Waals surface area contributed by atoms with Crippen molar-refractivity contribution in [2.24, 2.45) is 0 Å². The zero-order valence-corrected chi connectivity index (χ0v) is 10.9. The predicted octanol–water partition coefficient (Wildman–Crippen LogP) is 0.704. The van der Waals surface area contributed by atoms with E-state index in [9.17, 15) is 9.59 Å². The molecule has 0 amide bonds. The maximum absolute atomic E-state index is 11.9. The zero-order chi connectivity index (χ0) is 13.3. The van der Waals surface area contributed by atoms with E-state index < -0.39 is 5.69 Å². The number of hydrogen-bond donors (Lipinski definition) is 1. The van der Waals surface area contributed by atoms with E-state index in [2.05, 4.69) is 10.1 Å². The second-order valence-corrected chi connectivity index (χ2v) is 4.48. The van der Waals surface area contributed by atoms with Gasteiger partial charge in [0.15, 0.2) is 0 Å². The Morgan fingerprint density at radius 3 is 2.67 bits per heavy atom. The molecule has 2 aromatic rings. The van der Waals surface area contributed by atoms with E-state index in [4.69, 9.17) is 11.6 Å². The maximum Gasteiger partial charge on any atom is 0.329 e. The smallest absolute Gasteiger partial charge is 0.297 e. The molecule has 2 rings (SSSR count). The van der Waals surface area contributed by atoms with Crippen LogP contribution >= 0.6 is 11.6 Å². The number of hydrogen-bond acceptors (Lipinski definition) is 3. The van der Waals surface area contributed by atoms with Crippen LogP contribution in [-0.2, 0) is 13.1 Å². The van der Waals surface area contributed by atoms with Gasteiger partial charge in [0.2, 0.25) is 0 Å². The fourth-order valence-electron chi connectivity index (χ4n) is 1.64. The van der Waals surface area contributed by atoms with Crippen molar-refractivity contribution < 1.29 is 0 Å². The lowest BCUT2D eigenvalue weighted by Crippen LogP contribution is -2.37. The van der Waals surface area contributed by atoms with E-state index >= 15 is 0 Å². The summed E-state index contributed by atoms with van der Waals surface area (Å²) in [4.78, 5) is 25.9. The van der Waals surface area contributed by atoms with Crippen molar-refractivity contribution in [1.82, 2.24) is 19.3 Å². The summed E-state index contributed by atoms with van der Waals surface area (Å²) in [5.41, 5.74) is 0.503. The first-order valence-electron chi connectivity index (χ1n) is 5.47. The lowest BCUT2D eigenvalue weighted by atomic mass is 10.4. The number of aryl methyl sites for hydroxylation is 2. The third-order valence-electron chi connectivity index (χ3n) is 2.67. The van der Waals surface area contributed by atoms with Crippen LogP contribution in [0.1, 0.15) is 11.1 Å². The highest BCUT2D eigenvalue weighted by Gasteiger charge is 2.08. The quantitative estimate of drug-likeness (QED) is 0.833. The number of nitrogens with zero attached hydrogens (tertiary/aromatic N) is 3. The Morgan fingerprint density at radius 1 is 1.33 bits per heavy atom. The molecule has 1 N–H and O–H groups in total. The normalized spacial score (nSPS) is 10.8. The minimum Gasteiger partial charge on any atom is -0.297 e. The first-order chi connectivity index (χ1) is 8.49. The number of aromatic nitrogens is 4. The molecule has 0 unspecified atom stereocenters. The van der Waals surface area contributed by atoms with Gasteiger partial charge in [0.05, 0.1) is 19.3 Å². The molecule has 0 fully saturated rings. The molecule has 0 saturated heterocycles. The molecule has 0 aliphatic rings. The van der Waals surface area contributed by atoms with E-state index in [0.717, 1.165) is 10.1 Å². The number of H-pyrrole nitrogens is 1. The summed E-state index contributed by atoms with van der Waals surface area (Å²) in [6.07, 6.45) is 3.57. The molecular weight excluding hydrogens is 256 g/mol. The SMILES string of the molecule is Cc1cnn(CCn2c(=O)[nH]c(Cl)c(C)c2=O)c1. The first-order valence-corrected chi connectivity index (χ1v) is 5.85. The molecule has 0 spiro atoms. The van der Waals surface area contributed by atoms with E-state index in [1.54, 1.807) is 17.8 Å². The Bertz CT molecular complexity index is 683. The van der Waals surface area contributed by atoms with Crippen LogP contribution in [0.25, 0.3) is 0 Å². The summed E-state index contributed by atoms with van der Waals surface area (Å²) in [5, 5.41) is 4.19. The second-order valence-electron chi connectivity index (χ2n) is 4.11. The van der Waals surface area contributed by atoms with Crippen LogP contribution in [0.2, 0.25) is 5.15 Å². The van der Waals surface area contributed by atoms with Gasteiger partial charge in [-0.15, -0.1) is 0 Å². The number of halogens is 1. The van der Waals surface area contributed by atoms with E-state index in [1.165, 1.54) is 0 Å². The Labute approximate surface area is 108 Å². The van der Waals surface area contributed by atoms with E-state index in [0.29, 0.717) is 12.1 Å². The van der Waals surface area contributed by atoms with Crippen LogP contribution < -0.4 is 11.2 Å². The largest absolute Gasteiger partial charge is 0.329 e. The molecule has 2 heterocycles. The van der Waals surface area contributed by atoms with E-state index in [-0.39, 0.29) is 17.3 Å². The Hall–Kier alpha value is -1.82. The predicted molar refractivity (Wildman–Crippen MR) is 68.0 cm³/mol. The average Bonchev–Trinajstić information content (AvgIpc) is 2.72. The summed E-state index contributed by atoms with van der Waals surface area (Å²) in [6.45, 7) is 4.22. The van der Waals surface area contributed by atoms with Crippen molar-refractivity contribution in [1.29, 1.82) is 0 Å². The molecule has 0 saturated carbocycles. The summed E-state index contributed by atoms with van der Waals surface area (Å²) >= 11 is 5.73. The van der Waals surface area contributed by atoms with Gasteiger partial charge in [0.1, 0.15) is 5.15 Å². The van der Waals surface area contributed by atoms with Gasteiger partial charge in [-0.3, -0.25) is 19.0 Å². The Morgan fingerprint density at radius 2 is 2.06 bits per heavy atom. The fraction of sp³-hybridized carbons (Fsp3) is 0.364. The molecule has 0 radical (unpaired) electrons. The summed E-state index contributed by atoms with van der Waals surface area (Å²) in [6, 6.07) is 0. The number of aromatic amines is 1. The molecule has 0 aliphatic heterocycles. The van der Waals surface area contributed by atoms with Gasteiger partial charge >= 0.3 is 5.69 Å². The fourth-order valence-corrected chi connectivity index (χ4v) is 1.80. The third kappa shape index (κ3) is 2.38. The van der Waals surface area contributed by atoms with Gasteiger partial charge in [-0.2, -0.15) is 5.10 Å². The lowest BCUT2D eigenvalue weighted by molar-refractivity contribution is 0.506. The summed E-state index contributed by atoms with van der Waals surface area (Å²) in [7, 11) is 0. The van der Waals surface area contributed by atoms with Crippen molar-refractivity contribution in [3.63, 3.8) is 0 Å². The average molecular weight is 269 g/mol. The van der Waals surface area contributed by atoms with Crippen LogP contribution in [0.3, 0.4) is 0 Å². The van der Waals surface area contributed by atoms with Crippen LogP contribution in [0.15, 0.2) is 22.0 Å². The Kier molecular flexibility index (Phi) is 3.38. The summed E-state index contributed by atoms with van der Waals surface area (Å²) < 4.78 is 2.81. The molecule has 0 aliphatic carbocycles. The van der Waals surface area contributed by atoms with Crippen molar-refractivity contribution in [3.05, 3.63) is 49.5 Å². The van der Waals surface area contributed by atoms with Crippen LogP contribution in [0.4, 0.5) is 0 Å². The molecule has 96 valence electrons. The standard InChI is InChI=1S/C11H13ClN4O2/c1-7-5-13-15(6-7)3-4-16-10(17)8(2)9(12)14-11(16)18/h5-6H,3-4H2,1-2H3,(H,14,18). The monoisotopic (exact) mass is 268 g/mol. The van der Waals surface area contributed by atoms with Crippen molar-refractivity contribution >= 4 is 11.6 Å². The molecule has 0 aromatic carbocycles. The molecule has 0 bridgehead atoms. The van der Waals surface area contributed by atoms with Gasteiger partial charge in [-0.25, -0.2) is 4.79 Å². The van der Waals surface area contributed by atoms with Gasteiger partial charge in [0, 0.05) is 11.8 Å². The molecule has 6 nitrogen and oxygen atoms in total. The minimum atomic E-state index is -0.500. The zero-order valence-electron chi connectivity index (χ0n) is 10.1. The number of nitrogens with one attached hydrogen (secondary N) is 1. The van der Waals surface area contributed by atoms with Gasteiger partial charge in [-0.1, -0.05) is 11.6 Å². The number of rotatable bonds is 3. The molecular formula is C11H13ClN4O2. The van der Waals surface area contributed by atoms with E-state index in [1.807, 2.05) is 13.1 Å². The third-order valence-corrected chi connectivity index (χ3v) is 3.05. The second kappa shape index (κ2) is 4.81. The van der Waals surface area contributed by atoms with Crippen molar-refractivity contribution in [3.8, 4) is 0 Å². The topological polar surface area (TPSA) is 72.7 Å². The lowest BCUT2D eigenvalue weighted by Gasteiger charge is -2.06. The van der Waals surface area contributed by atoms with Crippen LogP contribution in [-0.4, -0.2) is 19.3 Å². The van der Waals surface area contributed by atoms with Gasteiger partial charge in [0.25, 0.3) is 5.56 Å². The van der Waals surface area contributed by atoms with Crippen molar-refractivity contribution in [2.75, 3.05) is 0 Å². The van der Waals surface area contributed by atoms with Crippen LogP contribution in [0, 0.1) is 13.8 Å². The van der Waals surface area contributed by atoms with Crippen molar-refractivity contribution in [2.45, 2.75) is 26.9 Å². The minimum absolute atomic E-state index is 0.0937. The highest BCUT2D eigenvalue weighted by Crippen LogP contribution is 2.02. The molecule has 18 heavy (non-hydrogen) atoms. The molecule has 7 heteroatoms. The summed E-state index contributed by atoms with van der Waals surface area (Å²) in [5.74, 6) is 0. The van der Waals surface area contributed by atoms with Crippen LogP contribution in [0.5, 0.6) is 0 Å².